The van der Waals surface area contributed by atoms with Gasteiger partial charge < -0.3 is 20.9 Å². The molecule has 2 aromatic rings. The molecule has 8 heteroatoms. The van der Waals surface area contributed by atoms with Crippen LogP contribution in [0, 0.1) is 6.92 Å². The van der Waals surface area contributed by atoms with Crippen molar-refractivity contribution in [3.8, 4) is 5.75 Å². The summed E-state index contributed by atoms with van der Waals surface area (Å²) in [4.78, 5) is 4.01. The highest BCUT2D eigenvalue weighted by molar-refractivity contribution is 5.92. The first-order chi connectivity index (χ1) is 12.2. The van der Waals surface area contributed by atoms with E-state index >= 15 is 0 Å². The number of nitrogens with zero attached hydrogens (tertiary/aromatic N) is 1. The van der Waals surface area contributed by atoms with Gasteiger partial charge in [0.05, 0.1) is 12.1 Å². The van der Waals surface area contributed by atoms with Gasteiger partial charge in [0.25, 0.3) is 0 Å². The molecule has 0 radical (unpaired) electrons. The van der Waals surface area contributed by atoms with Gasteiger partial charge in [-0.05, 0) is 43.3 Å². The lowest BCUT2D eigenvalue weighted by Gasteiger charge is -2.12. The fourth-order valence-electron chi connectivity index (χ4n) is 2.01. The second kappa shape index (κ2) is 8.57. The number of alkyl halides is 3. The molecule has 0 saturated heterocycles. The largest absolute Gasteiger partial charge is 0.491 e. The Morgan fingerprint density at radius 1 is 1.15 bits per heavy atom. The van der Waals surface area contributed by atoms with E-state index in [0.717, 1.165) is 23.4 Å². The number of hydrogen-bond donors (Lipinski definition) is 3. The second-order valence-corrected chi connectivity index (χ2v) is 5.70. The average molecular weight is 367 g/mol. The number of nitrogens with two attached hydrogens (primary N) is 1. The number of rotatable bonds is 6. The molecule has 0 fully saturated rings. The van der Waals surface area contributed by atoms with Gasteiger partial charge in [-0.3, -0.25) is 4.99 Å². The molecule has 2 rings (SSSR count). The molecule has 2 aromatic carbocycles. The molecule has 26 heavy (non-hydrogen) atoms. The molecular formula is C18H20F3N3O2. The van der Waals surface area contributed by atoms with E-state index in [4.69, 9.17) is 10.5 Å². The summed E-state index contributed by atoms with van der Waals surface area (Å²) in [6, 6.07) is 11.8. The number of halogens is 3. The zero-order valence-electron chi connectivity index (χ0n) is 14.1. The van der Waals surface area contributed by atoms with Gasteiger partial charge in [0, 0.05) is 5.69 Å². The smallest absolute Gasteiger partial charge is 0.416 e. The summed E-state index contributed by atoms with van der Waals surface area (Å²) in [6.07, 6.45) is -5.34. The highest BCUT2D eigenvalue weighted by atomic mass is 19.4. The first-order valence-electron chi connectivity index (χ1n) is 7.86. The first kappa shape index (κ1) is 19.6. The molecule has 0 aliphatic carbocycles. The monoisotopic (exact) mass is 367 g/mol. The number of aliphatic hydroxyl groups excluding tert-OH is 1. The maximum atomic E-state index is 12.5. The van der Waals surface area contributed by atoms with Gasteiger partial charge in [-0.15, -0.1) is 0 Å². The number of anilines is 1. The molecule has 0 aliphatic rings. The topological polar surface area (TPSA) is 79.9 Å². The number of aliphatic hydroxyl groups is 1. The van der Waals surface area contributed by atoms with E-state index in [1.54, 1.807) is 0 Å². The lowest BCUT2D eigenvalue weighted by molar-refractivity contribution is -0.137. The highest BCUT2D eigenvalue weighted by Crippen LogP contribution is 2.30. The van der Waals surface area contributed by atoms with Crippen molar-refractivity contribution in [3.63, 3.8) is 0 Å². The van der Waals surface area contributed by atoms with Gasteiger partial charge in [-0.1, -0.05) is 17.7 Å². The molecule has 0 spiro atoms. The SMILES string of the molecule is Cc1ccc(NC(N)=NCC(O)COc2ccc(C(F)(F)F)cc2)cc1. The molecule has 5 nitrogen and oxygen atoms in total. The van der Waals surface area contributed by atoms with Crippen LogP contribution < -0.4 is 15.8 Å². The van der Waals surface area contributed by atoms with Gasteiger partial charge >= 0.3 is 6.18 Å². The predicted octanol–water partition coefficient (Wildman–Crippen LogP) is 3.18. The number of ether oxygens (including phenoxy) is 1. The molecule has 1 unspecified atom stereocenters. The first-order valence-corrected chi connectivity index (χ1v) is 7.86. The maximum Gasteiger partial charge on any atom is 0.416 e. The van der Waals surface area contributed by atoms with Crippen molar-refractivity contribution in [2.24, 2.45) is 10.7 Å². The van der Waals surface area contributed by atoms with Crippen LogP contribution in [0.1, 0.15) is 11.1 Å². The molecule has 0 aliphatic heterocycles. The lowest BCUT2D eigenvalue weighted by Crippen LogP contribution is -2.27. The number of aryl methyl sites for hydroxylation is 1. The Morgan fingerprint density at radius 3 is 2.35 bits per heavy atom. The van der Waals surface area contributed by atoms with E-state index in [9.17, 15) is 18.3 Å². The van der Waals surface area contributed by atoms with E-state index in [1.807, 2.05) is 31.2 Å². The lowest BCUT2D eigenvalue weighted by atomic mass is 10.2. The van der Waals surface area contributed by atoms with Crippen molar-refractivity contribution >= 4 is 11.6 Å². The number of guanidine groups is 1. The molecule has 0 aromatic heterocycles. The van der Waals surface area contributed by atoms with Crippen molar-refractivity contribution < 1.29 is 23.0 Å². The summed E-state index contributed by atoms with van der Waals surface area (Å²) >= 11 is 0. The van der Waals surface area contributed by atoms with Crippen LogP contribution in [0.3, 0.4) is 0 Å². The third-order valence-corrected chi connectivity index (χ3v) is 3.42. The van der Waals surface area contributed by atoms with Gasteiger partial charge in [-0.25, -0.2) is 0 Å². The van der Waals surface area contributed by atoms with E-state index in [0.29, 0.717) is 0 Å². The Morgan fingerprint density at radius 2 is 1.77 bits per heavy atom. The average Bonchev–Trinajstić information content (AvgIpc) is 2.60. The number of nitrogens with one attached hydrogen (secondary N) is 1. The summed E-state index contributed by atoms with van der Waals surface area (Å²) in [5.41, 5.74) is 6.86. The van der Waals surface area contributed by atoms with Crippen molar-refractivity contribution in [1.29, 1.82) is 0 Å². The molecule has 1 atom stereocenters. The number of aliphatic imine (C=N–C) groups is 1. The fraction of sp³-hybridized carbons (Fsp3) is 0.278. The third kappa shape index (κ3) is 6.29. The predicted molar refractivity (Wildman–Crippen MR) is 94.2 cm³/mol. The van der Waals surface area contributed by atoms with Crippen LogP contribution in [-0.2, 0) is 6.18 Å². The van der Waals surface area contributed by atoms with E-state index in [-0.39, 0.29) is 24.9 Å². The quantitative estimate of drug-likeness (QED) is 0.541. The van der Waals surface area contributed by atoms with Gasteiger partial charge in [0.15, 0.2) is 5.96 Å². The minimum atomic E-state index is -4.39. The Hall–Kier alpha value is -2.74. The molecular weight excluding hydrogens is 347 g/mol. The van der Waals surface area contributed by atoms with E-state index < -0.39 is 17.8 Å². The molecule has 0 amide bonds. The maximum absolute atomic E-state index is 12.5. The molecule has 140 valence electrons. The Bertz CT molecular complexity index is 729. The van der Waals surface area contributed by atoms with Gasteiger partial charge in [-0.2, -0.15) is 13.2 Å². The molecule has 0 bridgehead atoms. The summed E-state index contributed by atoms with van der Waals surface area (Å²) in [6.45, 7) is 1.84. The minimum absolute atomic E-state index is 0.00860. The van der Waals surface area contributed by atoms with E-state index in [2.05, 4.69) is 10.3 Å². The molecule has 0 heterocycles. The Balaban J connectivity index is 1.79. The zero-order valence-corrected chi connectivity index (χ0v) is 14.1. The molecule has 0 saturated carbocycles. The van der Waals surface area contributed by atoms with Crippen LogP contribution >= 0.6 is 0 Å². The zero-order chi connectivity index (χ0) is 19.2. The number of hydrogen-bond acceptors (Lipinski definition) is 3. The van der Waals surface area contributed by atoms with Crippen molar-refractivity contribution in [3.05, 3.63) is 59.7 Å². The summed E-state index contributed by atoms with van der Waals surface area (Å²) in [5.74, 6) is 0.370. The second-order valence-electron chi connectivity index (χ2n) is 5.70. The fourth-order valence-corrected chi connectivity index (χ4v) is 2.01. The normalized spacial score (nSPS) is 13.3. The Kier molecular flexibility index (Phi) is 6.46. The summed E-state index contributed by atoms with van der Waals surface area (Å²) in [7, 11) is 0. The standard InChI is InChI=1S/C18H20F3N3O2/c1-12-2-6-14(7-3-12)24-17(22)23-10-15(25)11-26-16-8-4-13(5-9-16)18(19,20)21/h2-9,15,25H,10-11H2,1H3,(H3,22,23,24). The minimum Gasteiger partial charge on any atom is -0.491 e. The van der Waals surface area contributed by atoms with Crippen molar-refractivity contribution in [1.82, 2.24) is 0 Å². The van der Waals surface area contributed by atoms with Crippen LogP contribution in [0.5, 0.6) is 5.75 Å². The summed E-state index contributed by atoms with van der Waals surface area (Å²) < 4.78 is 42.7. The van der Waals surface area contributed by atoms with Crippen LogP contribution in [-0.4, -0.2) is 30.3 Å². The highest BCUT2D eigenvalue weighted by Gasteiger charge is 2.30. The van der Waals surface area contributed by atoms with Crippen LogP contribution in [0.25, 0.3) is 0 Å². The van der Waals surface area contributed by atoms with Crippen LogP contribution in [0.15, 0.2) is 53.5 Å². The summed E-state index contributed by atoms with van der Waals surface area (Å²) in [5, 5.41) is 12.7. The van der Waals surface area contributed by atoms with Crippen molar-refractivity contribution in [2.75, 3.05) is 18.5 Å². The van der Waals surface area contributed by atoms with Crippen LogP contribution in [0.2, 0.25) is 0 Å². The molecule has 4 N–H and O–H groups in total. The van der Waals surface area contributed by atoms with Gasteiger partial charge in [0.1, 0.15) is 18.5 Å². The van der Waals surface area contributed by atoms with Gasteiger partial charge in [0.2, 0.25) is 0 Å². The van der Waals surface area contributed by atoms with Crippen LogP contribution in [0.4, 0.5) is 18.9 Å². The Labute approximate surface area is 149 Å². The number of benzene rings is 2. The van der Waals surface area contributed by atoms with E-state index in [1.165, 1.54) is 12.1 Å². The third-order valence-electron chi connectivity index (χ3n) is 3.42. The van der Waals surface area contributed by atoms with Crippen molar-refractivity contribution in [2.45, 2.75) is 19.2 Å².